The highest BCUT2D eigenvalue weighted by Gasteiger charge is 2.19. The van der Waals surface area contributed by atoms with E-state index < -0.39 is 16.4 Å². The zero-order chi connectivity index (χ0) is 19.4. The molecule has 1 aromatic heterocycles. The van der Waals surface area contributed by atoms with Crippen LogP contribution >= 0.6 is 11.6 Å². The number of azo groups is 1. The van der Waals surface area contributed by atoms with Crippen molar-refractivity contribution in [1.82, 2.24) is 4.57 Å². The van der Waals surface area contributed by atoms with Crippen LogP contribution in [-0.4, -0.2) is 14.6 Å². The number of halogens is 1. The summed E-state index contributed by atoms with van der Waals surface area (Å²) >= 11 is 5.95. The number of hydrogen-bond acceptors (Lipinski definition) is 7. The Morgan fingerprint density at radius 1 is 1.42 bits per heavy atom. The molecule has 0 amide bonds. The number of nitro benzene ring substituents is 1. The van der Waals surface area contributed by atoms with E-state index in [0.717, 1.165) is 10.6 Å². The number of non-ortho nitro benzene ring substituents is 1. The number of aromatic nitrogens is 1. The van der Waals surface area contributed by atoms with Crippen LogP contribution in [0.5, 0.6) is 5.88 Å². The molecule has 0 saturated carbocycles. The molecule has 0 spiro atoms. The van der Waals surface area contributed by atoms with Gasteiger partial charge in [-0.3, -0.25) is 19.5 Å². The van der Waals surface area contributed by atoms with Crippen LogP contribution in [0, 0.1) is 28.4 Å². The van der Waals surface area contributed by atoms with Crippen molar-refractivity contribution < 1.29 is 10.0 Å². The Kier molecular flexibility index (Phi) is 5.69. The lowest BCUT2D eigenvalue weighted by molar-refractivity contribution is -0.384. The first-order chi connectivity index (χ1) is 12.3. The third-order valence-electron chi connectivity index (χ3n) is 3.62. The van der Waals surface area contributed by atoms with Crippen molar-refractivity contribution in [2.75, 3.05) is 0 Å². The van der Waals surface area contributed by atoms with Crippen LogP contribution in [-0.2, 0) is 6.54 Å². The van der Waals surface area contributed by atoms with Gasteiger partial charge >= 0.3 is 0 Å². The lowest BCUT2D eigenvalue weighted by atomic mass is 10.1. The van der Waals surface area contributed by atoms with E-state index in [4.69, 9.17) is 11.6 Å². The first-order valence-electron chi connectivity index (χ1n) is 7.53. The zero-order valence-corrected chi connectivity index (χ0v) is 14.7. The molecule has 2 aromatic rings. The molecule has 1 aromatic carbocycles. The van der Waals surface area contributed by atoms with Gasteiger partial charge < -0.3 is 5.11 Å². The third kappa shape index (κ3) is 3.55. The summed E-state index contributed by atoms with van der Waals surface area (Å²) in [5, 5.41) is 37.8. The monoisotopic (exact) mass is 375 g/mol. The standard InChI is InChI=1S/C16H14ClN5O4/c1-3-6-21-15(23)11(8-18)9(2)14(16(21)24)20-19-13-5-4-10(22(25)26)7-12(13)17/h4-5,7,23H,3,6H2,1-2H3. The molecule has 0 saturated heterocycles. The highest BCUT2D eigenvalue weighted by atomic mass is 35.5. The number of rotatable bonds is 5. The predicted octanol–water partition coefficient (Wildman–Crippen LogP) is 4.12. The highest BCUT2D eigenvalue weighted by molar-refractivity contribution is 6.33. The van der Waals surface area contributed by atoms with Crippen LogP contribution in [0.15, 0.2) is 33.2 Å². The average molecular weight is 376 g/mol. The number of nitrogens with zero attached hydrogens (tertiary/aromatic N) is 5. The number of hydrogen-bond donors (Lipinski definition) is 1. The minimum absolute atomic E-state index is 0.00577. The van der Waals surface area contributed by atoms with Crippen LogP contribution in [0.1, 0.15) is 24.5 Å². The second kappa shape index (κ2) is 7.76. The van der Waals surface area contributed by atoms with Gasteiger partial charge in [-0.1, -0.05) is 18.5 Å². The Labute approximate surface area is 152 Å². The molecule has 26 heavy (non-hydrogen) atoms. The molecule has 1 N–H and O–H groups in total. The maximum atomic E-state index is 12.5. The van der Waals surface area contributed by atoms with E-state index >= 15 is 0 Å². The smallest absolute Gasteiger partial charge is 0.281 e. The predicted molar refractivity (Wildman–Crippen MR) is 94.4 cm³/mol. The van der Waals surface area contributed by atoms with Gasteiger partial charge in [-0.25, -0.2) is 0 Å². The molecule has 2 rings (SSSR count). The van der Waals surface area contributed by atoms with Crippen LogP contribution < -0.4 is 5.56 Å². The van der Waals surface area contributed by atoms with E-state index in [1.165, 1.54) is 19.1 Å². The molecular formula is C16H14ClN5O4. The van der Waals surface area contributed by atoms with Gasteiger partial charge in [-0.05, 0) is 19.4 Å². The molecule has 0 bridgehead atoms. The normalized spacial score (nSPS) is 10.8. The van der Waals surface area contributed by atoms with Crippen molar-refractivity contribution in [2.45, 2.75) is 26.8 Å². The second-order valence-corrected chi connectivity index (χ2v) is 5.74. The van der Waals surface area contributed by atoms with Crippen LogP contribution in [0.4, 0.5) is 17.1 Å². The molecule has 134 valence electrons. The van der Waals surface area contributed by atoms with E-state index in [0.29, 0.717) is 6.42 Å². The average Bonchev–Trinajstić information content (AvgIpc) is 2.60. The number of nitriles is 1. The molecule has 0 radical (unpaired) electrons. The lowest BCUT2D eigenvalue weighted by Gasteiger charge is -2.11. The molecule has 0 fully saturated rings. The van der Waals surface area contributed by atoms with E-state index in [2.05, 4.69) is 10.2 Å². The summed E-state index contributed by atoms with van der Waals surface area (Å²) in [6.45, 7) is 3.50. The van der Waals surface area contributed by atoms with Crippen LogP contribution in [0.25, 0.3) is 0 Å². The summed E-state index contributed by atoms with van der Waals surface area (Å²) in [5.41, 5.74) is -0.660. The Morgan fingerprint density at radius 3 is 2.65 bits per heavy atom. The second-order valence-electron chi connectivity index (χ2n) is 5.33. The molecule has 0 atom stereocenters. The Morgan fingerprint density at radius 2 is 2.12 bits per heavy atom. The fourth-order valence-electron chi connectivity index (χ4n) is 2.28. The number of pyridine rings is 1. The first kappa shape index (κ1) is 19.1. The number of benzene rings is 1. The SMILES string of the molecule is CCCn1c(O)c(C#N)c(C)c(N=Nc2ccc([N+](=O)[O-])cc2Cl)c1=O. The summed E-state index contributed by atoms with van der Waals surface area (Å²) in [5.74, 6) is -0.413. The molecule has 0 unspecified atom stereocenters. The first-order valence-corrected chi connectivity index (χ1v) is 7.91. The molecule has 9 nitrogen and oxygen atoms in total. The molecular weight excluding hydrogens is 362 g/mol. The highest BCUT2D eigenvalue weighted by Crippen LogP contribution is 2.31. The van der Waals surface area contributed by atoms with Crippen LogP contribution in [0.2, 0.25) is 5.02 Å². The van der Waals surface area contributed by atoms with Crippen molar-refractivity contribution in [3.05, 3.63) is 54.8 Å². The van der Waals surface area contributed by atoms with E-state index in [9.17, 15) is 25.3 Å². The minimum Gasteiger partial charge on any atom is -0.493 e. The maximum Gasteiger partial charge on any atom is 0.281 e. The van der Waals surface area contributed by atoms with E-state index in [-0.39, 0.29) is 39.8 Å². The maximum absolute atomic E-state index is 12.5. The van der Waals surface area contributed by atoms with Gasteiger partial charge in [0, 0.05) is 24.2 Å². The molecule has 0 aliphatic heterocycles. The Hall–Kier alpha value is -3.25. The van der Waals surface area contributed by atoms with E-state index in [1.807, 2.05) is 13.0 Å². The van der Waals surface area contributed by atoms with Crippen LogP contribution in [0.3, 0.4) is 0 Å². The van der Waals surface area contributed by atoms with Gasteiger partial charge in [0.15, 0.2) is 5.69 Å². The molecule has 10 heteroatoms. The quantitative estimate of drug-likeness (QED) is 0.476. The molecule has 0 aliphatic rings. The number of nitro groups is 1. The van der Waals surface area contributed by atoms with E-state index in [1.54, 1.807) is 0 Å². The van der Waals surface area contributed by atoms with Crippen molar-refractivity contribution in [3.63, 3.8) is 0 Å². The summed E-state index contributed by atoms with van der Waals surface area (Å²) in [7, 11) is 0. The fraction of sp³-hybridized carbons (Fsp3) is 0.250. The van der Waals surface area contributed by atoms with Crippen molar-refractivity contribution in [2.24, 2.45) is 10.2 Å². The van der Waals surface area contributed by atoms with Crippen molar-refractivity contribution in [1.29, 1.82) is 5.26 Å². The summed E-state index contributed by atoms with van der Waals surface area (Å²) in [4.78, 5) is 22.7. The van der Waals surface area contributed by atoms with Gasteiger partial charge in [-0.2, -0.15) is 5.26 Å². The number of aromatic hydroxyl groups is 1. The minimum atomic E-state index is -0.598. The van der Waals surface area contributed by atoms with Crippen molar-refractivity contribution in [3.8, 4) is 11.9 Å². The molecule has 1 heterocycles. The third-order valence-corrected chi connectivity index (χ3v) is 3.92. The lowest BCUT2D eigenvalue weighted by Crippen LogP contribution is -2.21. The largest absolute Gasteiger partial charge is 0.493 e. The fourth-order valence-corrected chi connectivity index (χ4v) is 2.50. The molecule has 0 aliphatic carbocycles. The zero-order valence-electron chi connectivity index (χ0n) is 13.9. The Bertz CT molecular complexity index is 1010. The van der Waals surface area contributed by atoms with Gasteiger partial charge in [-0.15, -0.1) is 10.2 Å². The van der Waals surface area contributed by atoms with Gasteiger partial charge in [0.05, 0.1) is 9.95 Å². The van der Waals surface area contributed by atoms with Gasteiger partial charge in [0.25, 0.3) is 11.2 Å². The Balaban J connectivity index is 2.58. The summed E-state index contributed by atoms with van der Waals surface area (Å²) in [6, 6.07) is 5.48. The van der Waals surface area contributed by atoms with Crippen molar-refractivity contribution >= 4 is 28.7 Å². The van der Waals surface area contributed by atoms with Gasteiger partial charge in [0.2, 0.25) is 5.88 Å². The van der Waals surface area contributed by atoms with Gasteiger partial charge in [0.1, 0.15) is 17.3 Å². The summed E-state index contributed by atoms with van der Waals surface area (Å²) in [6.07, 6.45) is 0.562. The summed E-state index contributed by atoms with van der Waals surface area (Å²) < 4.78 is 1.05. The topological polar surface area (TPSA) is 134 Å².